The number of hydrogen-bond donors (Lipinski definition) is 2. The van der Waals surface area contributed by atoms with Gasteiger partial charge in [0.1, 0.15) is 5.69 Å². The molecule has 0 radical (unpaired) electrons. The number of hydroxylamine groups is 2. The van der Waals surface area contributed by atoms with Crippen LogP contribution in [0.5, 0.6) is 0 Å². The summed E-state index contributed by atoms with van der Waals surface area (Å²) < 4.78 is 0. The van der Waals surface area contributed by atoms with Crippen molar-refractivity contribution in [2.75, 3.05) is 40.3 Å². The van der Waals surface area contributed by atoms with Crippen molar-refractivity contribution in [1.82, 2.24) is 19.7 Å². The Morgan fingerprint density at radius 1 is 1.11 bits per heavy atom. The molecule has 1 amide bonds. The summed E-state index contributed by atoms with van der Waals surface area (Å²) in [6, 6.07) is 5.33. The van der Waals surface area contributed by atoms with Crippen LogP contribution < -0.4 is 0 Å². The monoisotopic (exact) mass is 390 g/mol. The maximum absolute atomic E-state index is 11.8. The van der Waals surface area contributed by atoms with Crippen LogP contribution in [0.3, 0.4) is 0 Å². The summed E-state index contributed by atoms with van der Waals surface area (Å²) in [5.41, 5.74) is 0.521. The predicted octanol–water partition coefficient (Wildman–Crippen LogP) is -0.645. The highest BCUT2D eigenvalue weighted by Gasteiger charge is 2.38. The molecule has 0 atom stereocenters. The van der Waals surface area contributed by atoms with Gasteiger partial charge in [-0.3, -0.25) is 19.4 Å². The Kier molecular flexibility index (Phi) is 8.14. The van der Waals surface area contributed by atoms with Crippen LogP contribution in [0.2, 0.25) is 13.6 Å². The second-order valence-electron chi connectivity index (χ2n) is 7.16. The minimum Gasteiger partial charge on any atom is -0.437 e. The largest absolute Gasteiger partial charge is 0.437 e. The highest BCUT2D eigenvalue weighted by molar-refractivity contribution is 6.46. The topological polar surface area (TPSA) is 106 Å². The molecule has 1 aromatic rings. The van der Waals surface area contributed by atoms with Crippen molar-refractivity contribution in [2.45, 2.75) is 13.6 Å². The molecule has 2 saturated heterocycles. The SMILES string of the molecule is CB(O)N1CC(C(=O)c2ccccn2)C1.CON(C)C(=O)C1CN(B(C)O)C1. The lowest BCUT2D eigenvalue weighted by Crippen LogP contribution is -2.58. The van der Waals surface area contributed by atoms with E-state index in [-0.39, 0.29) is 23.5 Å². The lowest BCUT2D eigenvalue weighted by Gasteiger charge is -2.40. The van der Waals surface area contributed by atoms with Crippen molar-refractivity contribution in [3.05, 3.63) is 30.1 Å². The van der Waals surface area contributed by atoms with Gasteiger partial charge in [-0.25, -0.2) is 5.06 Å². The quantitative estimate of drug-likeness (QED) is 0.375. The van der Waals surface area contributed by atoms with Crippen LogP contribution in [0.1, 0.15) is 10.5 Å². The Bertz CT molecular complexity index is 652. The normalized spacial score (nSPS) is 17.6. The van der Waals surface area contributed by atoms with E-state index in [9.17, 15) is 14.6 Å². The van der Waals surface area contributed by atoms with Gasteiger partial charge < -0.3 is 19.7 Å². The molecule has 3 heterocycles. The molecule has 0 aliphatic carbocycles. The maximum Gasteiger partial charge on any atom is 0.376 e. The summed E-state index contributed by atoms with van der Waals surface area (Å²) in [5.74, 6) is 0.0148. The van der Waals surface area contributed by atoms with E-state index in [1.807, 2.05) is 15.7 Å². The number of rotatable bonds is 6. The Balaban J connectivity index is 0.000000203. The van der Waals surface area contributed by atoms with E-state index in [0.717, 1.165) is 0 Å². The highest BCUT2D eigenvalue weighted by Crippen LogP contribution is 2.20. The van der Waals surface area contributed by atoms with Crippen molar-refractivity contribution >= 4 is 25.8 Å². The number of hydrogen-bond acceptors (Lipinski definition) is 8. The second-order valence-corrected chi connectivity index (χ2v) is 7.16. The van der Waals surface area contributed by atoms with Crippen molar-refractivity contribution in [3.8, 4) is 0 Å². The number of amides is 1. The number of Topliss-reactive ketones (excluding diaryl/α,β-unsaturated/α-hetero) is 1. The first-order valence-electron chi connectivity index (χ1n) is 9.35. The molecule has 2 fully saturated rings. The van der Waals surface area contributed by atoms with Crippen LogP contribution in [0.4, 0.5) is 0 Å². The summed E-state index contributed by atoms with van der Waals surface area (Å²) >= 11 is 0. The lowest BCUT2D eigenvalue weighted by molar-refractivity contribution is -0.177. The van der Waals surface area contributed by atoms with Crippen molar-refractivity contribution in [3.63, 3.8) is 0 Å². The summed E-state index contributed by atoms with van der Waals surface area (Å²) in [6.07, 6.45) is 1.62. The van der Waals surface area contributed by atoms with Crippen LogP contribution in [0.25, 0.3) is 0 Å². The zero-order valence-electron chi connectivity index (χ0n) is 16.9. The first kappa shape index (κ1) is 22.5. The zero-order chi connectivity index (χ0) is 20.8. The van der Waals surface area contributed by atoms with Crippen LogP contribution in [-0.2, 0) is 9.63 Å². The highest BCUT2D eigenvalue weighted by atomic mass is 16.7. The summed E-state index contributed by atoms with van der Waals surface area (Å²) in [7, 11) is 2.13. The van der Waals surface area contributed by atoms with E-state index in [1.54, 1.807) is 39.0 Å². The fourth-order valence-electron chi connectivity index (χ4n) is 3.02. The van der Waals surface area contributed by atoms with Crippen LogP contribution >= 0.6 is 0 Å². The van der Waals surface area contributed by atoms with Crippen LogP contribution in [-0.4, -0.2) is 95.8 Å². The zero-order valence-corrected chi connectivity index (χ0v) is 16.9. The van der Waals surface area contributed by atoms with E-state index < -0.39 is 14.1 Å². The molecule has 9 nitrogen and oxygen atoms in total. The first-order chi connectivity index (χ1) is 13.2. The summed E-state index contributed by atoms with van der Waals surface area (Å²) in [4.78, 5) is 35.7. The van der Waals surface area contributed by atoms with Crippen LogP contribution in [0, 0.1) is 11.8 Å². The van der Waals surface area contributed by atoms with Gasteiger partial charge in [0.05, 0.1) is 13.0 Å². The third-order valence-corrected chi connectivity index (χ3v) is 5.10. The van der Waals surface area contributed by atoms with Crippen molar-refractivity contribution < 1.29 is 24.5 Å². The third kappa shape index (κ3) is 5.62. The van der Waals surface area contributed by atoms with Gasteiger partial charge in [0, 0.05) is 45.3 Å². The fraction of sp³-hybridized carbons (Fsp3) is 0.588. The molecule has 0 aromatic carbocycles. The van der Waals surface area contributed by atoms with Gasteiger partial charge in [-0.05, 0) is 25.8 Å². The average Bonchev–Trinajstić information content (AvgIpc) is 2.58. The second kappa shape index (κ2) is 10.1. The first-order valence-corrected chi connectivity index (χ1v) is 9.35. The lowest BCUT2D eigenvalue weighted by atomic mass is 9.77. The standard InChI is InChI=1S/C10H13BN2O2.C7H15BN2O3/c1-11(15)13-6-8(7-13)10(14)9-4-2-3-5-12-9;1-8(12)10-4-6(5-10)7(11)9(2)13-3/h2-5,8,15H,6-7H2,1H3;6,12H,4-5H2,1-3H3. The summed E-state index contributed by atoms with van der Waals surface area (Å²) in [6.45, 7) is 5.90. The molecular weight excluding hydrogens is 362 g/mol. The summed E-state index contributed by atoms with van der Waals surface area (Å²) in [5, 5.41) is 19.6. The predicted molar refractivity (Wildman–Crippen MR) is 106 cm³/mol. The van der Waals surface area contributed by atoms with Gasteiger partial charge >= 0.3 is 14.1 Å². The van der Waals surface area contributed by atoms with E-state index in [4.69, 9.17) is 9.86 Å². The van der Waals surface area contributed by atoms with E-state index in [2.05, 4.69) is 4.98 Å². The van der Waals surface area contributed by atoms with Crippen molar-refractivity contribution in [1.29, 1.82) is 0 Å². The smallest absolute Gasteiger partial charge is 0.376 e. The molecule has 0 unspecified atom stereocenters. The molecule has 2 aliphatic heterocycles. The van der Waals surface area contributed by atoms with Gasteiger partial charge in [0.15, 0.2) is 5.78 Å². The number of ketones is 1. The van der Waals surface area contributed by atoms with Gasteiger partial charge in [-0.1, -0.05) is 6.07 Å². The molecule has 1 aromatic heterocycles. The molecule has 11 heteroatoms. The van der Waals surface area contributed by atoms with Gasteiger partial charge in [0.25, 0.3) is 5.91 Å². The third-order valence-electron chi connectivity index (χ3n) is 5.10. The average molecular weight is 390 g/mol. The van der Waals surface area contributed by atoms with Gasteiger partial charge in [-0.15, -0.1) is 0 Å². The van der Waals surface area contributed by atoms with E-state index >= 15 is 0 Å². The Hall–Kier alpha value is -1.78. The molecule has 0 spiro atoms. The maximum atomic E-state index is 11.8. The van der Waals surface area contributed by atoms with E-state index in [0.29, 0.717) is 31.9 Å². The molecular formula is C17H28B2N4O5. The Morgan fingerprint density at radius 3 is 2.07 bits per heavy atom. The molecule has 0 bridgehead atoms. The Labute approximate surface area is 166 Å². The number of pyridine rings is 1. The Morgan fingerprint density at radius 2 is 1.64 bits per heavy atom. The minimum atomic E-state index is -0.461. The van der Waals surface area contributed by atoms with Crippen LogP contribution in [0.15, 0.2) is 24.4 Å². The molecule has 152 valence electrons. The fourth-order valence-corrected chi connectivity index (χ4v) is 3.02. The number of nitrogens with zero attached hydrogens (tertiary/aromatic N) is 4. The molecule has 28 heavy (non-hydrogen) atoms. The van der Waals surface area contributed by atoms with Gasteiger partial charge in [-0.2, -0.15) is 0 Å². The number of carbonyl (C=O) groups excluding carboxylic acids is 2. The van der Waals surface area contributed by atoms with Crippen molar-refractivity contribution in [2.24, 2.45) is 11.8 Å². The molecule has 0 saturated carbocycles. The van der Waals surface area contributed by atoms with Gasteiger partial charge in [0.2, 0.25) is 0 Å². The number of aromatic nitrogens is 1. The number of carbonyl (C=O) groups is 2. The molecule has 3 rings (SSSR count). The van der Waals surface area contributed by atoms with E-state index in [1.165, 1.54) is 12.2 Å². The minimum absolute atomic E-state index is 0.00509. The molecule has 2 aliphatic rings. The molecule has 2 N–H and O–H groups in total.